The summed E-state index contributed by atoms with van der Waals surface area (Å²) in [6, 6.07) is 2.67. The Morgan fingerprint density at radius 3 is 3.00 bits per heavy atom. The lowest BCUT2D eigenvalue weighted by molar-refractivity contribution is -0.0124. The van der Waals surface area contributed by atoms with Gasteiger partial charge in [-0.1, -0.05) is 11.6 Å². The molecule has 1 amide bonds. The van der Waals surface area contributed by atoms with E-state index < -0.39 is 5.82 Å². The van der Waals surface area contributed by atoms with E-state index in [1.807, 2.05) is 29.5 Å². The first kappa shape index (κ1) is 14.0. The van der Waals surface area contributed by atoms with Gasteiger partial charge in [-0.3, -0.25) is 4.79 Å². The third kappa shape index (κ3) is 2.95. The molecule has 98 valence electrons. The Morgan fingerprint density at radius 1 is 1.61 bits per heavy atom. The highest BCUT2D eigenvalue weighted by atomic mass is 127. The zero-order valence-electron chi connectivity index (χ0n) is 9.75. The van der Waals surface area contributed by atoms with Gasteiger partial charge in [0.05, 0.1) is 23.3 Å². The van der Waals surface area contributed by atoms with Gasteiger partial charge in [-0.2, -0.15) is 0 Å². The molecule has 1 fully saturated rings. The molecule has 1 heterocycles. The van der Waals surface area contributed by atoms with Crippen LogP contribution in [0.3, 0.4) is 0 Å². The molecule has 0 aliphatic carbocycles. The van der Waals surface area contributed by atoms with Gasteiger partial charge >= 0.3 is 0 Å². The van der Waals surface area contributed by atoms with E-state index in [1.165, 1.54) is 12.1 Å². The van der Waals surface area contributed by atoms with Gasteiger partial charge < -0.3 is 9.64 Å². The predicted octanol–water partition coefficient (Wildman–Crippen LogP) is 2.94. The van der Waals surface area contributed by atoms with E-state index in [2.05, 4.69) is 0 Å². The lowest BCUT2D eigenvalue weighted by atomic mass is 10.1. The number of nitrogens with zero attached hydrogens (tertiary/aromatic N) is 1. The molecular formula is C12H12ClFINO2. The molecule has 2 rings (SSSR count). The molecule has 0 radical (unpaired) electrons. The normalized spacial score (nSPS) is 20.0. The van der Waals surface area contributed by atoms with Crippen molar-refractivity contribution in [3.05, 3.63) is 32.1 Å². The summed E-state index contributed by atoms with van der Waals surface area (Å²) in [6.45, 7) is 3.49. The smallest absolute Gasteiger partial charge is 0.255 e. The molecule has 1 aliphatic rings. The van der Waals surface area contributed by atoms with Crippen LogP contribution in [-0.4, -0.2) is 36.6 Å². The first-order chi connectivity index (χ1) is 8.49. The maximum absolute atomic E-state index is 13.3. The van der Waals surface area contributed by atoms with Crippen LogP contribution in [0.25, 0.3) is 0 Å². The molecule has 0 bridgehead atoms. The standard InChI is InChI=1S/C12H12ClFINO2/c1-7-6-16(2-3-18-7)12(17)8-4-11(15)10(14)5-9(8)13/h4-5,7H,2-3,6H2,1H3/t7-/m0/s1. The van der Waals surface area contributed by atoms with Crippen LogP contribution < -0.4 is 0 Å². The van der Waals surface area contributed by atoms with E-state index in [4.69, 9.17) is 16.3 Å². The van der Waals surface area contributed by atoms with E-state index in [1.54, 1.807) is 4.90 Å². The van der Waals surface area contributed by atoms with Crippen LogP contribution in [0.5, 0.6) is 0 Å². The summed E-state index contributed by atoms with van der Waals surface area (Å²) in [6.07, 6.45) is 0.0148. The average Bonchev–Trinajstić information content (AvgIpc) is 2.33. The van der Waals surface area contributed by atoms with Gasteiger partial charge in [0.15, 0.2) is 0 Å². The van der Waals surface area contributed by atoms with Crippen molar-refractivity contribution < 1.29 is 13.9 Å². The molecule has 0 unspecified atom stereocenters. The Balaban J connectivity index is 2.25. The molecule has 3 nitrogen and oxygen atoms in total. The molecule has 6 heteroatoms. The number of morpholine rings is 1. The number of halogens is 3. The fraction of sp³-hybridized carbons (Fsp3) is 0.417. The minimum Gasteiger partial charge on any atom is -0.375 e. The highest BCUT2D eigenvalue weighted by Crippen LogP contribution is 2.24. The maximum atomic E-state index is 13.3. The minimum atomic E-state index is -0.410. The third-order valence-corrected chi connectivity index (χ3v) is 3.91. The van der Waals surface area contributed by atoms with Crippen LogP contribution >= 0.6 is 34.2 Å². The Bertz CT molecular complexity index is 483. The molecular weight excluding hydrogens is 371 g/mol. The summed E-state index contributed by atoms with van der Waals surface area (Å²) >= 11 is 7.78. The van der Waals surface area contributed by atoms with Gasteiger partial charge in [0.25, 0.3) is 5.91 Å². The molecule has 1 aliphatic heterocycles. The lowest BCUT2D eigenvalue weighted by Crippen LogP contribution is -2.44. The molecule has 0 saturated carbocycles. The van der Waals surface area contributed by atoms with Crippen LogP contribution in [0.1, 0.15) is 17.3 Å². The third-order valence-electron chi connectivity index (χ3n) is 2.77. The van der Waals surface area contributed by atoms with Crippen molar-refractivity contribution in [1.29, 1.82) is 0 Å². The van der Waals surface area contributed by atoms with Crippen molar-refractivity contribution in [3.8, 4) is 0 Å². The van der Waals surface area contributed by atoms with Crippen molar-refractivity contribution in [3.63, 3.8) is 0 Å². The summed E-state index contributed by atoms with van der Waals surface area (Å²) in [4.78, 5) is 14.0. The zero-order chi connectivity index (χ0) is 13.3. The fourth-order valence-corrected chi connectivity index (χ4v) is 2.56. The van der Waals surface area contributed by atoms with Crippen molar-refractivity contribution in [1.82, 2.24) is 4.90 Å². The number of amides is 1. The molecule has 0 spiro atoms. The number of hydrogen-bond acceptors (Lipinski definition) is 2. The minimum absolute atomic E-state index is 0.0148. The fourth-order valence-electron chi connectivity index (χ4n) is 1.86. The second kappa shape index (κ2) is 5.71. The van der Waals surface area contributed by atoms with E-state index in [-0.39, 0.29) is 17.0 Å². The topological polar surface area (TPSA) is 29.5 Å². The Morgan fingerprint density at radius 2 is 2.33 bits per heavy atom. The first-order valence-electron chi connectivity index (χ1n) is 5.54. The average molecular weight is 384 g/mol. The number of rotatable bonds is 1. The summed E-state index contributed by atoms with van der Waals surface area (Å²) in [7, 11) is 0. The number of ether oxygens (including phenoxy) is 1. The highest BCUT2D eigenvalue weighted by molar-refractivity contribution is 14.1. The highest BCUT2D eigenvalue weighted by Gasteiger charge is 2.24. The second-order valence-electron chi connectivity index (χ2n) is 4.18. The van der Waals surface area contributed by atoms with Gasteiger partial charge in [0.2, 0.25) is 0 Å². The monoisotopic (exact) mass is 383 g/mol. The van der Waals surface area contributed by atoms with Gasteiger partial charge in [-0.25, -0.2) is 4.39 Å². The number of hydrogen-bond donors (Lipinski definition) is 0. The van der Waals surface area contributed by atoms with Crippen LogP contribution in [0, 0.1) is 9.39 Å². The Kier molecular flexibility index (Phi) is 4.45. The van der Waals surface area contributed by atoms with Crippen molar-refractivity contribution in [2.75, 3.05) is 19.7 Å². The Labute approximate surface area is 123 Å². The molecule has 0 N–H and O–H groups in total. The van der Waals surface area contributed by atoms with Crippen LogP contribution in [0.2, 0.25) is 5.02 Å². The second-order valence-corrected chi connectivity index (χ2v) is 5.75. The van der Waals surface area contributed by atoms with Crippen molar-refractivity contribution in [2.24, 2.45) is 0 Å². The summed E-state index contributed by atoms with van der Waals surface area (Å²) in [5.41, 5.74) is 0.344. The van der Waals surface area contributed by atoms with E-state index >= 15 is 0 Å². The molecule has 1 aromatic rings. The largest absolute Gasteiger partial charge is 0.375 e. The Hall–Kier alpha value is -0.400. The molecule has 1 atom stereocenters. The van der Waals surface area contributed by atoms with Gasteiger partial charge in [0.1, 0.15) is 5.82 Å². The van der Waals surface area contributed by atoms with E-state index in [9.17, 15) is 9.18 Å². The maximum Gasteiger partial charge on any atom is 0.255 e. The van der Waals surface area contributed by atoms with Crippen LogP contribution in [0.4, 0.5) is 4.39 Å². The van der Waals surface area contributed by atoms with Gasteiger partial charge in [-0.15, -0.1) is 0 Å². The number of carbonyl (C=O) groups is 1. The summed E-state index contributed by atoms with van der Waals surface area (Å²) < 4.78 is 19.1. The number of carbonyl (C=O) groups excluding carboxylic acids is 1. The van der Waals surface area contributed by atoms with Crippen LogP contribution in [-0.2, 0) is 4.74 Å². The van der Waals surface area contributed by atoms with E-state index in [0.29, 0.717) is 28.8 Å². The summed E-state index contributed by atoms with van der Waals surface area (Å²) in [5.74, 6) is -0.583. The molecule has 0 aromatic heterocycles. The predicted molar refractivity (Wildman–Crippen MR) is 75.4 cm³/mol. The first-order valence-corrected chi connectivity index (χ1v) is 7.00. The van der Waals surface area contributed by atoms with E-state index in [0.717, 1.165) is 0 Å². The molecule has 1 aromatic carbocycles. The molecule has 1 saturated heterocycles. The zero-order valence-corrected chi connectivity index (χ0v) is 12.7. The summed E-state index contributed by atoms with van der Waals surface area (Å²) in [5, 5.41) is 0.150. The molecule has 18 heavy (non-hydrogen) atoms. The number of benzene rings is 1. The van der Waals surface area contributed by atoms with Crippen molar-refractivity contribution in [2.45, 2.75) is 13.0 Å². The van der Waals surface area contributed by atoms with Crippen LogP contribution in [0.15, 0.2) is 12.1 Å². The lowest BCUT2D eigenvalue weighted by Gasteiger charge is -2.31. The SMILES string of the molecule is C[C@H]1CN(C(=O)c2cc(I)c(F)cc2Cl)CCO1. The van der Waals surface area contributed by atoms with Gasteiger partial charge in [0, 0.05) is 16.7 Å². The quantitative estimate of drug-likeness (QED) is 0.551. The van der Waals surface area contributed by atoms with Gasteiger partial charge in [-0.05, 0) is 41.6 Å². The van der Waals surface area contributed by atoms with Crippen molar-refractivity contribution >= 4 is 40.1 Å².